The zero-order valence-corrected chi connectivity index (χ0v) is 12.6. The summed E-state index contributed by atoms with van der Waals surface area (Å²) >= 11 is 0. The van der Waals surface area contributed by atoms with Crippen molar-refractivity contribution in [1.29, 1.82) is 0 Å². The van der Waals surface area contributed by atoms with Crippen LogP contribution in [0.25, 0.3) is 0 Å². The number of hydrogen-bond donors (Lipinski definition) is 3. The van der Waals surface area contributed by atoms with Crippen LogP contribution in [0, 0.1) is 5.92 Å². The van der Waals surface area contributed by atoms with E-state index in [9.17, 15) is 8.42 Å². The normalized spacial score (nSPS) is 12.8. The van der Waals surface area contributed by atoms with Gasteiger partial charge in [-0.15, -0.1) is 0 Å². The molecule has 6 nitrogen and oxygen atoms in total. The van der Waals surface area contributed by atoms with Crippen LogP contribution in [0.15, 0.2) is 4.99 Å². The number of aliphatic imine (C=N–C) groups is 1. The zero-order chi connectivity index (χ0) is 14.0. The Morgan fingerprint density at radius 3 is 2.28 bits per heavy atom. The maximum Gasteiger partial charge on any atom is 0.208 e. The third-order valence-electron chi connectivity index (χ3n) is 2.25. The van der Waals surface area contributed by atoms with Crippen LogP contribution in [0.2, 0.25) is 0 Å². The number of sulfonamides is 1. The van der Waals surface area contributed by atoms with Gasteiger partial charge in [-0.25, -0.2) is 13.1 Å². The molecule has 7 heteroatoms. The maximum absolute atomic E-state index is 10.8. The molecule has 0 aromatic heterocycles. The van der Waals surface area contributed by atoms with Crippen LogP contribution in [-0.4, -0.2) is 47.3 Å². The highest BCUT2D eigenvalue weighted by Gasteiger charge is 2.00. The van der Waals surface area contributed by atoms with Crippen molar-refractivity contribution in [2.45, 2.75) is 26.7 Å². The van der Waals surface area contributed by atoms with Gasteiger partial charge >= 0.3 is 0 Å². The molecule has 0 aliphatic heterocycles. The highest BCUT2D eigenvalue weighted by Crippen LogP contribution is 1.95. The fraction of sp³-hybridized carbons (Fsp3) is 0.909. The quantitative estimate of drug-likeness (QED) is 0.335. The lowest BCUT2D eigenvalue weighted by Crippen LogP contribution is -2.39. The second kappa shape index (κ2) is 9.16. The van der Waals surface area contributed by atoms with Crippen molar-refractivity contribution in [1.82, 2.24) is 15.4 Å². The summed E-state index contributed by atoms with van der Waals surface area (Å²) in [5.74, 6) is 1.42. The van der Waals surface area contributed by atoms with E-state index in [0.29, 0.717) is 19.0 Å². The predicted molar refractivity (Wildman–Crippen MR) is 76.3 cm³/mol. The monoisotopic (exact) mass is 278 g/mol. The molecule has 0 bridgehead atoms. The van der Waals surface area contributed by atoms with Crippen molar-refractivity contribution in [2.75, 3.05) is 32.9 Å². The molecule has 0 amide bonds. The van der Waals surface area contributed by atoms with Gasteiger partial charge < -0.3 is 10.6 Å². The number of nitrogens with one attached hydrogen (secondary N) is 3. The summed E-state index contributed by atoms with van der Waals surface area (Å²) in [5.41, 5.74) is 0. The Morgan fingerprint density at radius 1 is 1.17 bits per heavy atom. The van der Waals surface area contributed by atoms with E-state index in [-0.39, 0.29) is 0 Å². The Bertz CT molecular complexity index is 339. The van der Waals surface area contributed by atoms with Crippen molar-refractivity contribution in [3.8, 4) is 0 Å². The van der Waals surface area contributed by atoms with Crippen LogP contribution < -0.4 is 15.4 Å². The van der Waals surface area contributed by atoms with E-state index >= 15 is 0 Å². The summed E-state index contributed by atoms with van der Waals surface area (Å²) in [5, 5.41) is 6.34. The van der Waals surface area contributed by atoms with E-state index in [1.165, 1.54) is 0 Å². The minimum absolute atomic E-state index is 0.439. The summed E-state index contributed by atoms with van der Waals surface area (Å²) in [6.07, 6.45) is 2.97. The first-order valence-corrected chi connectivity index (χ1v) is 8.13. The van der Waals surface area contributed by atoms with Crippen molar-refractivity contribution in [3.05, 3.63) is 0 Å². The molecule has 108 valence electrons. The molecule has 0 fully saturated rings. The Hall–Kier alpha value is -0.820. The van der Waals surface area contributed by atoms with E-state index in [1.54, 1.807) is 7.05 Å². The summed E-state index contributed by atoms with van der Waals surface area (Å²) < 4.78 is 24.1. The molecule has 0 aliphatic rings. The average molecular weight is 278 g/mol. The first-order chi connectivity index (χ1) is 8.35. The standard InChI is InChI=1S/C11H26N4O2S/c1-10(2)6-9-14-11(12-3)13-7-5-8-15-18(4,16)17/h10,15H,5-9H2,1-4H3,(H2,12,13,14). The Balaban J connectivity index is 3.63. The van der Waals surface area contributed by atoms with Crippen molar-refractivity contribution < 1.29 is 8.42 Å². The molecule has 18 heavy (non-hydrogen) atoms. The lowest BCUT2D eigenvalue weighted by atomic mass is 10.1. The summed E-state index contributed by atoms with van der Waals surface area (Å²) in [4.78, 5) is 4.09. The van der Waals surface area contributed by atoms with E-state index in [4.69, 9.17) is 0 Å². The van der Waals surface area contributed by atoms with Crippen LogP contribution in [0.4, 0.5) is 0 Å². The van der Waals surface area contributed by atoms with Gasteiger partial charge in [-0.1, -0.05) is 13.8 Å². The molecular weight excluding hydrogens is 252 g/mol. The third-order valence-corrected chi connectivity index (χ3v) is 2.98. The highest BCUT2D eigenvalue weighted by atomic mass is 32.2. The average Bonchev–Trinajstić information content (AvgIpc) is 2.24. The van der Waals surface area contributed by atoms with E-state index < -0.39 is 10.0 Å². The number of guanidine groups is 1. The van der Waals surface area contributed by atoms with Crippen LogP contribution in [0.3, 0.4) is 0 Å². The minimum Gasteiger partial charge on any atom is -0.356 e. The molecule has 0 heterocycles. The molecule has 0 aliphatic carbocycles. The second-order valence-corrected chi connectivity index (χ2v) is 6.46. The predicted octanol–water partition coefficient (Wildman–Crippen LogP) is 0.137. The Kier molecular flexibility index (Phi) is 8.74. The second-order valence-electron chi connectivity index (χ2n) is 4.63. The SMILES string of the molecule is CN=C(NCCCNS(C)(=O)=O)NCCC(C)C. The lowest BCUT2D eigenvalue weighted by Gasteiger charge is -2.12. The van der Waals surface area contributed by atoms with Gasteiger partial charge in [0.05, 0.1) is 6.26 Å². The van der Waals surface area contributed by atoms with Crippen molar-refractivity contribution in [3.63, 3.8) is 0 Å². The van der Waals surface area contributed by atoms with E-state index in [1.807, 2.05) is 0 Å². The Morgan fingerprint density at radius 2 is 1.78 bits per heavy atom. The van der Waals surface area contributed by atoms with Gasteiger partial charge in [-0.2, -0.15) is 0 Å². The lowest BCUT2D eigenvalue weighted by molar-refractivity contribution is 0.572. The molecule has 0 saturated carbocycles. The zero-order valence-electron chi connectivity index (χ0n) is 11.8. The largest absolute Gasteiger partial charge is 0.356 e. The highest BCUT2D eigenvalue weighted by molar-refractivity contribution is 7.88. The molecule has 0 unspecified atom stereocenters. The molecular formula is C11H26N4O2S. The number of hydrogen-bond acceptors (Lipinski definition) is 3. The molecule has 0 aromatic carbocycles. The number of nitrogens with zero attached hydrogens (tertiary/aromatic N) is 1. The van der Waals surface area contributed by atoms with Gasteiger partial charge in [0.1, 0.15) is 0 Å². The summed E-state index contributed by atoms with van der Waals surface area (Å²) in [6, 6.07) is 0. The fourth-order valence-electron chi connectivity index (χ4n) is 1.25. The maximum atomic E-state index is 10.8. The first kappa shape index (κ1) is 17.2. The fourth-order valence-corrected chi connectivity index (χ4v) is 1.77. The van der Waals surface area contributed by atoms with Gasteiger partial charge in [0, 0.05) is 26.7 Å². The van der Waals surface area contributed by atoms with E-state index in [2.05, 4.69) is 34.2 Å². The third kappa shape index (κ3) is 11.7. The van der Waals surface area contributed by atoms with Gasteiger partial charge in [-0.05, 0) is 18.8 Å². The first-order valence-electron chi connectivity index (χ1n) is 6.24. The molecule has 0 aromatic rings. The molecule has 0 atom stereocenters. The number of rotatable bonds is 8. The Labute approximate surface area is 111 Å². The molecule has 0 saturated heterocycles. The van der Waals surface area contributed by atoms with Crippen LogP contribution >= 0.6 is 0 Å². The van der Waals surface area contributed by atoms with Crippen LogP contribution in [0.1, 0.15) is 26.7 Å². The van der Waals surface area contributed by atoms with Gasteiger partial charge in [-0.3, -0.25) is 4.99 Å². The van der Waals surface area contributed by atoms with Gasteiger partial charge in [0.2, 0.25) is 10.0 Å². The molecule has 3 N–H and O–H groups in total. The molecule has 0 rings (SSSR count). The summed E-state index contributed by atoms with van der Waals surface area (Å²) in [6.45, 7) is 6.36. The topological polar surface area (TPSA) is 82.6 Å². The van der Waals surface area contributed by atoms with Crippen molar-refractivity contribution >= 4 is 16.0 Å². The van der Waals surface area contributed by atoms with Crippen molar-refractivity contribution in [2.24, 2.45) is 10.9 Å². The molecule has 0 spiro atoms. The molecule has 0 radical (unpaired) electrons. The van der Waals surface area contributed by atoms with Gasteiger partial charge in [0.15, 0.2) is 5.96 Å². The van der Waals surface area contributed by atoms with E-state index in [0.717, 1.165) is 31.6 Å². The van der Waals surface area contributed by atoms with Crippen LogP contribution in [0.5, 0.6) is 0 Å². The summed E-state index contributed by atoms with van der Waals surface area (Å²) in [7, 11) is -1.36. The minimum atomic E-state index is -3.08. The smallest absolute Gasteiger partial charge is 0.208 e. The van der Waals surface area contributed by atoms with Gasteiger partial charge in [0.25, 0.3) is 0 Å². The van der Waals surface area contributed by atoms with Crippen LogP contribution in [-0.2, 0) is 10.0 Å².